The standard InChI is InChI=1S/C11H14N2O/c1-9(2)11(14)13-12-8-10-6-4-3-5-7-10/h3-7,12H,1,8H2,2H3,(H,13,14). The second-order valence-corrected chi connectivity index (χ2v) is 3.07. The van der Waals surface area contributed by atoms with Gasteiger partial charge in [-0.3, -0.25) is 10.2 Å². The molecule has 3 heteroatoms. The van der Waals surface area contributed by atoms with Crippen molar-refractivity contribution in [2.45, 2.75) is 13.5 Å². The third-order valence-corrected chi connectivity index (χ3v) is 1.72. The smallest absolute Gasteiger partial charge is 0.260 e. The Morgan fingerprint density at radius 2 is 2.00 bits per heavy atom. The van der Waals surface area contributed by atoms with Gasteiger partial charge in [-0.15, -0.1) is 0 Å². The van der Waals surface area contributed by atoms with Gasteiger partial charge in [0.2, 0.25) is 0 Å². The van der Waals surface area contributed by atoms with Crippen LogP contribution in [0.2, 0.25) is 0 Å². The lowest BCUT2D eigenvalue weighted by atomic mass is 10.2. The van der Waals surface area contributed by atoms with E-state index in [0.717, 1.165) is 5.56 Å². The fourth-order valence-corrected chi connectivity index (χ4v) is 0.929. The molecule has 0 atom stereocenters. The van der Waals surface area contributed by atoms with Crippen molar-refractivity contribution >= 4 is 5.91 Å². The molecule has 1 aromatic carbocycles. The van der Waals surface area contributed by atoms with Gasteiger partial charge in [-0.25, -0.2) is 5.43 Å². The molecule has 0 aliphatic carbocycles. The van der Waals surface area contributed by atoms with E-state index >= 15 is 0 Å². The first-order valence-electron chi connectivity index (χ1n) is 4.43. The predicted molar refractivity (Wildman–Crippen MR) is 56.2 cm³/mol. The van der Waals surface area contributed by atoms with E-state index in [0.29, 0.717) is 12.1 Å². The first-order valence-corrected chi connectivity index (χ1v) is 4.43. The maximum Gasteiger partial charge on any atom is 0.260 e. The number of hydrazine groups is 1. The molecular formula is C11H14N2O. The van der Waals surface area contributed by atoms with Crippen LogP contribution < -0.4 is 10.9 Å². The molecular weight excluding hydrogens is 176 g/mol. The van der Waals surface area contributed by atoms with Crippen LogP contribution in [0.5, 0.6) is 0 Å². The molecule has 1 aromatic rings. The van der Waals surface area contributed by atoms with Gasteiger partial charge in [0.15, 0.2) is 0 Å². The Morgan fingerprint density at radius 3 is 2.57 bits per heavy atom. The molecule has 0 aliphatic heterocycles. The van der Waals surface area contributed by atoms with E-state index in [2.05, 4.69) is 17.4 Å². The molecule has 0 bridgehead atoms. The normalized spacial score (nSPS) is 9.50. The van der Waals surface area contributed by atoms with E-state index in [1.807, 2.05) is 30.3 Å². The molecule has 0 aromatic heterocycles. The average molecular weight is 190 g/mol. The highest BCUT2D eigenvalue weighted by Gasteiger charge is 1.98. The summed E-state index contributed by atoms with van der Waals surface area (Å²) in [6, 6.07) is 9.84. The zero-order chi connectivity index (χ0) is 10.4. The number of carbonyl (C=O) groups excluding carboxylic acids is 1. The molecule has 1 rings (SSSR count). The summed E-state index contributed by atoms with van der Waals surface area (Å²) in [6.45, 7) is 5.81. The quantitative estimate of drug-likeness (QED) is 0.556. The number of hydrogen-bond donors (Lipinski definition) is 2. The summed E-state index contributed by atoms with van der Waals surface area (Å²) in [5.74, 6) is -0.180. The lowest BCUT2D eigenvalue weighted by Gasteiger charge is -2.06. The van der Waals surface area contributed by atoms with Gasteiger partial charge in [0, 0.05) is 12.1 Å². The molecule has 3 nitrogen and oxygen atoms in total. The zero-order valence-corrected chi connectivity index (χ0v) is 8.21. The number of benzene rings is 1. The third kappa shape index (κ3) is 3.41. The maximum absolute atomic E-state index is 11.1. The number of carbonyl (C=O) groups is 1. The summed E-state index contributed by atoms with van der Waals surface area (Å²) in [5.41, 5.74) is 6.98. The highest BCUT2D eigenvalue weighted by Crippen LogP contribution is 1.96. The van der Waals surface area contributed by atoms with Crippen LogP contribution in [0, 0.1) is 0 Å². The van der Waals surface area contributed by atoms with Crippen LogP contribution in [0.3, 0.4) is 0 Å². The Balaban J connectivity index is 2.29. The van der Waals surface area contributed by atoms with Crippen LogP contribution in [0.4, 0.5) is 0 Å². The minimum absolute atomic E-state index is 0.180. The Hall–Kier alpha value is -1.61. The summed E-state index contributed by atoms with van der Waals surface area (Å²) < 4.78 is 0. The molecule has 74 valence electrons. The Morgan fingerprint density at radius 1 is 1.36 bits per heavy atom. The molecule has 0 spiro atoms. The highest BCUT2D eigenvalue weighted by atomic mass is 16.2. The summed E-state index contributed by atoms with van der Waals surface area (Å²) in [5, 5.41) is 0. The topological polar surface area (TPSA) is 41.1 Å². The molecule has 0 aliphatic rings. The van der Waals surface area contributed by atoms with Gasteiger partial charge in [-0.1, -0.05) is 36.9 Å². The van der Waals surface area contributed by atoms with E-state index in [-0.39, 0.29) is 5.91 Å². The van der Waals surface area contributed by atoms with Gasteiger partial charge in [0.1, 0.15) is 0 Å². The molecule has 0 radical (unpaired) electrons. The van der Waals surface area contributed by atoms with E-state index in [9.17, 15) is 4.79 Å². The lowest BCUT2D eigenvalue weighted by Crippen LogP contribution is -2.37. The minimum atomic E-state index is -0.180. The van der Waals surface area contributed by atoms with Crippen molar-refractivity contribution in [2.75, 3.05) is 0 Å². The molecule has 14 heavy (non-hydrogen) atoms. The van der Waals surface area contributed by atoms with E-state index in [4.69, 9.17) is 0 Å². The summed E-state index contributed by atoms with van der Waals surface area (Å²) in [7, 11) is 0. The molecule has 0 unspecified atom stereocenters. The van der Waals surface area contributed by atoms with Crippen molar-refractivity contribution in [3.8, 4) is 0 Å². The second-order valence-electron chi connectivity index (χ2n) is 3.07. The van der Waals surface area contributed by atoms with Gasteiger partial charge in [-0.05, 0) is 12.5 Å². The largest absolute Gasteiger partial charge is 0.287 e. The lowest BCUT2D eigenvalue weighted by molar-refractivity contribution is -0.118. The van der Waals surface area contributed by atoms with Crippen LogP contribution >= 0.6 is 0 Å². The second kappa shape index (κ2) is 5.19. The van der Waals surface area contributed by atoms with E-state index < -0.39 is 0 Å². The Labute approximate surface area is 83.8 Å². The summed E-state index contributed by atoms with van der Waals surface area (Å²) >= 11 is 0. The first kappa shape index (κ1) is 10.5. The Kier molecular flexibility index (Phi) is 3.88. The zero-order valence-electron chi connectivity index (χ0n) is 8.21. The van der Waals surface area contributed by atoms with E-state index in [1.54, 1.807) is 6.92 Å². The monoisotopic (exact) mass is 190 g/mol. The highest BCUT2D eigenvalue weighted by molar-refractivity contribution is 5.91. The van der Waals surface area contributed by atoms with Gasteiger partial charge in [0.05, 0.1) is 0 Å². The summed E-state index contributed by atoms with van der Waals surface area (Å²) in [6.07, 6.45) is 0. The number of nitrogens with one attached hydrogen (secondary N) is 2. The van der Waals surface area contributed by atoms with Crippen molar-refractivity contribution in [2.24, 2.45) is 0 Å². The summed E-state index contributed by atoms with van der Waals surface area (Å²) in [4.78, 5) is 11.1. The SMILES string of the molecule is C=C(C)C(=O)NNCc1ccccc1. The molecule has 0 heterocycles. The molecule has 0 saturated heterocycles. The van der Waals surface area contributed by atoms with Gasteiger partial charge < -0.3 is 0 Å². The molecule has 1 amide bonds. The fraction of sp³-hybridized carbons (Fsp3) is 0.182. The number of hydrogen-bond acceptors (Lipinski definition) is 2. The van der Waals surface area contributed by atoms with Crippen molar-refractivity contribution < 1.29 is 4.79 Å². The van der Waals surface area contributed by atoms with Gasteiger partial charge >= 0.3 is 0 Å². The maximum atomic E-state index is 11.1. The average Bonchev–Trinajstić information content (AvgIpc) is 2.19. The van der Waals surface area contributed by atoms with Gasteiger partial charge in [0.25, 0.3) is 5.91 Å². The Bertz CT molecular complexity index is 319. The number of amides is 1. The van der Waals surface area contributed by atoms with Crippen molar-refractivity contribution in [1.82, 2.24) is 10.9 Å². The van der Waals surface area contributed by atoms with E-state index in [1.165, 1.54) is 0 Å². The fourth-order valence-electron chi connectivity index (χ4n) is 0.929. The van der Waals surface area contributed by atoms with Crippen LogP contribution in [-0.4, -0.2) is 5.91 Å². The van der Waals surface area contributed by atoms with Gasteiger partial charge in [-0.2, -0.15) is 0 Å². The first-order chi connectivity index (χ1) is 6.70. The van der Waals surface area contributed by atoms with Crippen molar-refractivity contribution in [3.05, 3.63) is 48.0 Å². The number of rotatable bonds is 4. The van der Waals surface area contributed by atoms with Crippen LogP contribution in [-0.2, 0) is 11.3 Å². The van der Waals surface area contributed by atoms with Crippen molar-refractivity contribution in [3.63, 3.8) is 0 Å². The third-order valence-electron chi connectivity index (χ3n) is 1.72. The van der Waals surface area contributed by atoms with Crippen molar-refractivity contribution in [1.29, 1.82) is 0 Å². The predicted octanol–water partition coefficient (Wildman–Crippen LogP) is 1.38. The molecule has 0 saturated carbocycles. The molecule has 2 N–H and O–H groups in total. The van der Waals surface area contributed by atoms with Crippen LogP contribution in [0.1, 0.15) is 12.5 Å². The minimum Gasteiger partial charge on any atom is -0.287 e. The molecule has 0 fully saturated rings. The van der Waals surface area contributed by atoms with Crippen LogP contribution in [0.15, 0.2) is 42.5 Å². The van der Waals surface area contributed by atoms with Crippen LogP contribution in [0.25, 0.3) is 0 Å².